The summed E-state index contributed by atoms with van der Waals surface area (Å²) in [6.45, 7) is 1.10. The molecule has 2 heterocycles. The van der Waals surface area contributed by atoms with Crippen LogP contribution in [0.4, 0.5) is 10.1 Å². The number of β-lactam (4-membered cyclic amide) rings is 1. The molecule has 2 aromatic carbocycles. The number of carbonyl (C=O) groups is 2. The molecule has 1 spiro atoms. The Hall–Kier alpha value is -2.73. The molecular weight excluding hydrogens is 359 g/mol. The van der Waals surface area contributed by atoms with Crippen molar-refractivity contribution >= 4 is 17.5 Å². The second kappa shape index (κ2) is 7.36. The normalized spacial score (nSPS) is 20.9. The third-order valence-electron chi connectivity index (χ3n) is 5.90. The molecule has 0 bridgehead atoms. The SMILES string of the molecule is COCC(=O)N1CCC2(CC1)C(=O)N(c1cccc(F)c1)C2c1ccccc1. The Labute approximate surface area is 163 Å². The largest absolute Gasteiger partial charge is 0.375 e. The van der Waals surface area contributed by atoms with E-state index in [-0.39, 0.29) is 30.3 Å². The first-order valence-electron chi connectivity index (χ1n) is 9.48. The summed E-state index contributed by atoms with van der Waals surface area (Å²) in [6, 6.07) is 15.9. The summed E-state index contributed by atoms with van der Waals surface area (Å²) < 4.78 is 18.7. The molecule has 0 saturated carbocycles. The highest BCUT2D eigenvalue weighted by Gasteiger charge is 2.62. The molecule has 146 valence electrons. The molecule has 1 unspecified atom stereocenters. The van der Waals surface area contributed by atoms with E-state index in [0.717, 1.165) is 5.56 Å². The third kappa shape index (κ3) is 2.98. The number of hydrogen-bond donors (Lipinski definition) is 0. The molecule has 4 rings (SSSR count). The van der Waals surface area contributed by atoms with Gasteiger partial charge in [-0.05, 0) is 36.6 Å². The van der Waals surface area contributed by atoms with Gasteiger partial charge in [0.2, 0.25) is 11.8 Å². The predicted octanol–water partition coefficient (Wildman–Crippen LogP) is 3.17. The van der Waals surface area contributed by atoms with E-state index in [4.69, 9.17) is 4.74 Å². The van der Waals surface area contributed by atoms with Crippen LogP contribution in [0.3, 0.4) is 0 Å². The fourth-order valence-corrected chi connectivity index (χ4v) is 4.51. The van der Waals surface area contributed by atoms with Crippen LogP contribution in [-0.2, 0) is 14.3 Å². The van der Waals surface area contributed by atoms with Gasteiger partial charge in [0, 0.05) is 25.9 Å². The van der Waals surface area contributed by atoms with Gasteiger partial charge in [0.1, 0.15) is 12.4 Å². The Bertz CT molecular complexity index is 878. The molecule has 28 heavy (non-hydrogen) atoms. The zero-order valence-corrected chi connectivity index (χ0v) is 15.8. The fourth-order valence-electron chi connectivity index (χ4n) is 4.51. The number of rotatable bonds is 4. The van der Waals surface area contributed by atoms with Crippen LogP contribution in [-0.4, -0.2) is 43.5 Å². The van der Waals surface area contributed by atoms with Gasteiger partial charge in [0.05, 0.1) is 11.5 Å². The van der Waals surface area contributed by atoms with Crippen molar-refractivity contribution < 1.29 is 18.7 Å². The van der Waals surface area contributed by atoms with E-state index in [2.05, 4.69) is 0 Å². The molecule has 2 fully saturated rings. The quantitative estimate of drug-likeness (QED) is 0.764. The Morgan fingerprint density at radius 3 is 2.50 bits per heavy atom. The molecule has 6 heteroatoms. The lowest BCUT2D eigenvalue weighted by molar-refractivity contribution is -0.150. The number of nitrogens with zero attached hydrogens (tertiary/aromatic N) is 2. The topological polar surface area (TPSA) is 49.9 Å². The van der Waals surface area contributed by atoms with Crippen molar-refractivity contribution in [1.82, 2.24) is 4.90 Å². The number of carbonyl (C=O) groups excluding carboxylic acids is 2. The van der Waals surface area contributed by atoms with Crippen molar-refractivity contribution in [1.29, 1.82) is 0 Å². The maximum Gasteiger partial charge on any atom is 0.248 e. The maximum atomic E-state index is 13.8. The Morgan fingerprint density at radius 1 is 1.14 bits per heavy atom. The maximum absolute atomic E-state index is 13.8. The number of anilines is 1. The van der Waals surface area contributed by atoms with E-state index in [1.807, 2.05) is 30.3 Å². The van der Waals surface area contributed by atoms with Crippen molar-refractivity contribution in [2.45, 2.75) is 18.9 Å². The van der Waals surface area contributed by atoms with Crippen molar-refractivity contribution in [2.24, 2.45) is 5.41 Å². The number of hydrogen-bond acceptors (Lipinski definition) is 3. The highest BCUT2D eigenvalue weighted by molar-refractivity contribution is 6.06. The van der Waals surface area contributed by atoms with Crippen molar-refractivity contribution in [3.63, 3.8) is 0 Å². The predicted molar refractivity (Wildman–Crippen MR) is 103 cm³/mol. The van der Waals surface area contributed by atoms with Crippen molar-refractivity contribution in [3.8, 4) is 0 Å². The molecule has 2 amide bonds. The third-order valence-corrected chi connectivity index (χ3v) is 5.90. The lowest BCUT2D eigenvalue weighted by Crippen LogP contribution is -2.67. The number of amides is 2. The summed E-state index contributed by atoms with van der Waals surface area (Å²) in [5.74, 6) is -0.411. The molecule has 1 atom stereocenters. The van der Waals surface area contributed by atoms with Gasteiger partial charge in [0.25, 0.3) is 0 Å². The minimum Gasteiger partial charge on any atom is -0.375 e. The average molecular weight is 382 g/mol. The van der Waals surface area contributed by atoms with E-state index < -0.39 is 5.41 Å². The molecule has 2 aliphatic rings. The lowest BCUT2D eigenvalue weighted by Gasteiger charge is -2.59. The second-order valence-electron chi connectivity index (χ2n) is 7.44. The average Bonchev–Trinajstić information content (AvgIpc) is 2.72. The first-order chi connectivity index (χ1) is 13.6. The summed E-state index contributed by atoms with van der Waals surface area (Å²) in [7, 11) is 1.50. The smallest absolute Gasteiger partial charge is 0.248 e. The van der Waals surface area contributed by atoms with Gasteiger partial charge < -0.3 is 14.5 Å². The molecule has 0 aliphatic carbocycles. The molecule has 5 nitrogen and oxygen atoms in total. The zero-order chi connectivity index (χ0) is 19.7. The number of piperidine rings is 1. The Balaban J connectivity index is 1.64. The van der Waals surface area contributed by atoms with Gasteiger partial charge >= 0.3 is 0 Å². The minimum absolute atomic E-state index is 0.00536. The van der Waals surface area contributed by atoms with Crippen LogP contribution in [0.1, 0.15) is 24.4 Å². The molecule has 2 aromatic rings. The molecule has 0 aromatic heterocycles. The summed E-state index contributed by atoms with van der Waals surface area (Å²) >= 11 is 0. The van der Waals surface area contributed by atoms with Gasteiger partial charge in [-0.25, -0.2) is 4.39 Å². The monoisotopic (exact) mass is 382 g/mol. The first kappa shape index (κ1) is 18.6. The number of methoxy groups -OCH3 is 1. The van der Waals surface area contributed by atoms with Gasteiger partial charge in [-0.2, -0.15) is 0 Å². The highest BCUT2D eigenvalue weighted by Crippen LogP contribution is 2.57. The van der Waals surface area contributed by atoms with E-state index in [0.29, 0.717) is 31.6 Å². The standard InChI is InChI=1S/C22H23FN2O3/c1-28-15-19(26)24-12-10-22(11-13-24)20(16-6-3-2-4-7-16)25(21(22)27)18-9-5-8-17(23)14-18/h2-9,14,20H,10-13,15H2,1H3. The second-order valence-corrected chi connectivity index (χ2v) is 7.44. The Kier molecular flexibility index (Phi) is 4.89. The van der Waals surface area contributed by atoms with Crippen molar-refractivity contribution in [3.05, 3.63) is 66.0 Å². The molecule has 2 saturated heterocycles. The van der Waals surface area contributed by atoms with Gasteiger partial charge in [-0.15, -0.1) is 0 Å². The highest BCUT2D eigenvalue weighted by atomic mass is 19.1. The number of ether oxygens (including phenoxy) is 1. The van der Waals surface area contributed by atoms with E-state index in [1.165, 1.54) is 19.2 Å². The number of benzene rings is 2. The zero-order valence-electron chi connectivity index (χ0n) is 15.8. The van der Waals surface area contributed by atoms with E-state index in [1.54, 1.807) is 21.9 Å². The van der Waals surface area contributed by atoms with Crippen LogP contribution in [0.15, 0.2) is 54.6 Å². The minimum atomic E-state index is -0.558. The van der Waals surface area contributed by atoms with Gasteiger partial charge in [0.15, 0.2) is 0 Å². The van der Waals surface area contributed by atoms with Crippen LogP contribution in [0.25, 0.3) is 0 Å². The molecule has 0 N–H and O–H groups in total. The van der Waals surface area contributed by atoms with Crippen LogP contribution in [0.2, 0.25) is 0 Å². The lowest BCUT2D eigenvalue weighted by atomic mass is 9.62. The van der Waals surface area contributed by atoms with Gasteiger partial charge in [-0.1, -0.05) is 36.4 Å². The molecule has 2 aliphatic heterocycles. The first-order valence-corrected chi connectivity index (χ1v) is 9.48. The van der Waals surface area contributed by atoms with Crippen LogP contribution >= 0.6 is 0 Å². The molecular formula is C22H23FN2O3. The van der Waals surface area contributed by atoms with Crippen LogP contribution < -0.4 is 4.90 Å². The number of halogens is 1. The summed E-state index contributed by atoms with van der Waals surface area (Å²) in [4.78, 5) is 28.9. The van der Waals surface area contributed by atoms with Gasteiger partial charge in [-0.3, -0.25) is 9.59 Å². The van der Waals surface area contributed by atoms with E-state index >= 15 is 0 Å². The summed E-state index contributed by atoms with van der Waals surface area (Å²) in [5, 5.41) is 0. The summed E-state index contributed by atoms with van der Waals surface area (Å²) in [6.07, 6.45) is 1.18. The fraction of sp³-hybridized carbons (Fsp3) is 0.364. The summed E-state index contributed by atoms with van der Waals surface area (Å²) in [5.41, 5.74) is 1.04. The molecule has 0 radical (unpaired) electrons. The Morgan fingerprint density at radius 2 is 1.86 bits per heavy atom. The van der Waals surface area contributed by atoms with Crippen molar-refractivity contribution in [2.75, 3.05) is 31.7 Å². The number of likely N-dealkylation sites (tertiary alicyclic amines) is 1. The van der Waals surface area contributed by atoms with E-state index in [9.17, 15) is 14.0 Å². The van der Waals surface area contributed by atoms with Crippen LogP contribution in [0, 0.1) is 11.2 Å². The van der Waals surface area contributed by atoms with Crippen LogP contribution in [0.5, 0.6) is 0 Å².